The molecule has 0 aliphatic carbocycles. The van der Waals surface area contributed by atoms with E-state index in [1.54, 1.807) is 35.2 Å². The molecule has 2 fully saturated rings. The quantitative estimate of drug-likeness (QED) is 0.343. The average molecular weight is 601 g/mol. The third-order valence-electron chi connectivity index (χ3n) is 8.82. The summed E-state index contributed by atoms with van der Waals surface area (Å²) in [6.45, 7) is 5.52. The molecule has 4 aromatic rings. The molecule has 0 unspecified atom stereocenters. The molecule has 2 saturated heterocycles. The number of nitrogens with zero attached hydrogens (tertiary/aromatic N) is 6. The van der Waals surface area contributed by atoms with E-state index in [1.165, 1.54) is 19.1 Å². The number of carbonyl (C=O) groups is 1. The number of ether oxygens (including phenoxy) is 1. The van der Waals surface area contributed by atoms with E-state index in [4.69, 9.17) is 10.5 Å². The molecule has 0 saturated carbocycles. The zero-order valence-electron chi connectivity index (χ0n) is 24.6. The maximum absolute atomic E-state index is 15.6. The number of fused-ring (bicyclic) bond motifs is 1. The number of nitrogens with one attached hydrogen (secondary N) is 1. The summed E-state index contributed by atoms with van der Waals surface area (Å²) in [5.41, 5.74) is 8.17. The highest BCUT2D eigenvalue weighted by atomic mass is 19.1. The van der Waals surface area contributed by atoms with Gasteiger partial charge in [0.15, 0.2) is 0 Å². The molecule has 1 aromatic carbocycles. The van der Waals surface area contributed by atoms with Crippen LogP contribution in [0.4, 0.5) is 14.5 Å². The van der Waals surface area contributed by atoms with E-state index in [0.29, 0.717) is 62.5 Å². The van der Waals surface area contributed by atoms with Gasteiger partial charge in [0.2, 0.25) is 5.91 Å². The van der Waals surface area contributed by atoms with E-state index in [1.807, 2.05) is 6.07 Å². The van der Waals surface area contributed by atoms with Gasteiger partial charge in [0.1, 0.15) is 17.5 Å². The minimum Gasteiger partial charge on any atom is -0.381 e. The van der Waals surface area contributed by atoms with Crippen LogP contribution in [0.1, 0.15) is 43.6 Å². The van der Waals surface area contributed by atoms with Crippen LogP contribution in [-0.2, 0) is 21.4 Å². The number of hydrogen-bond acceptors (Lipinski definition) is 8. The van der Waals surface area contributed by atoms with E-state index in [0.717, 1.165) is 11.3 Å². The number of nitrogens with two attached hydrogens (primary N) is 1. The molecule has 6 rings (SSSR count). The van der Waals surface area contributed by atoms with Gasteiger partial charge in [0.05, 0.1) is 34.5 Å². The maximum Gasteiger partial charge on any atom is 0.217 e. The van der Waals surface area contributed by atoms with Gasteiger partial charge in [-0.15, -0.1) is 0 Å². The molecular formula is C32H34F2N8O2. The number of halogens is 2. The lowest BCUT2D eigenvalue weighted by atomic mass is 9.75. The summed E-state index contributed by atoms with van der Waals surface area (Å²) >= 11 is 0. The smallest absolute Gasteiger partial charge is 0.217 e. The number of benzene rings is 1. The standard InChI is InChI=1S/C32H34F2N8O2/c1-19-16-41(17-26(36)31(19)39-20(2)43)28-5-8-37-14-21(28)11-29-38-15-23-3-4-27(40-42(23)29)30-24(33)12-22(13-25(30)34)32(18-35)6-9-44-10-7-32/h3-5,8,12-15,19,26,31H,6-7,9-11,16-17,36H2,1-2H3,(H,39,43)/t19-,26+,31-/m0/s1. The first kappa shape index (κ1) is 29.6. The predicted octanol–water partition coefficient (Wildman–Crippen LogP) is 3.52. The third-order valence-corrected chi connectivity index (χ3v) is 8.82. The Labute approximate surface area is 253 Å². The zero-order valence-corrected chi connectivity index (χ0v) is 24.6. The number of aromatic nitrogens is 4. The second-order valence-corrected chi connectivity index (χ2v) is 11.8. The van der Waals surface area contributed by atoms with Crippen molar-refractivity contribution in [2.75, 3.05) is 31.2 Å². The number of anilines is 1. The highest BCUT2D eigenvalue weighted by Crippen LogP contribution is 2.37. The van der Waals surface area contributed by atoms with Gasteiger partial charge in [-0.05, 0) is 54.7 Å². The Hall–Kier alpha value is -4.47. The minimum absolute atomic E-state index is 0.102. The Kier molecular flexibility index (Phi) is 8.00. The van der Waals surface area contributed by atoms with Crippen LogP contribution in [0, 0.1) is 28.9 Å². The van der Waals surface area contributed by atoms with Crippen molar-refractivity contribution in [3.63, 3.8) is 0 Å². The van der Waals surface area contributed by atoms with E-state index >= 15 is 8.78 Å². The Balaban J connectivity index is 1.30. The molecule has 2 aliphatic heterocycles. The zero-order chi connectivity index (χ0) is 31.0. The fraction of sp³-hybridized carbons (Fsp3) is 0.406. The molecule has 0 spiro atoms. The fourth-order valence-electron chi connectivity index (χ4n) is 6.51. The first-order valence-electron chi connectivity index (χ1n) is 14.7. The lowest BCUT2D eigenvalue weighted by molar-refractivity contribution is -0.120. The van der Waals surface area contributed by atoms with Gasteiger partial charge in [-0.1, -0.05) is 6.92 Å². The number of amides is 1. The molecule has 228 valence electrons. The van der Waals surface area contributed by atoms with Crippen LogP contribution in [0.15, 0.2) is 48.9 Å². The van der Waals surface area contributed by atoms with Crippen LogP contribution in [0.5, 0.6) is 0 Å². The summed E-state index contributed by atoms with van der Waals surface area (Å²) in [6, 6.07) is 9.60. The molecule has 3 atom stereocenters. The van der Waals surface area contributed by atoms with Crippen molar-refractivity contribution >= 4 is 17.1 Å². The summed E-state index contributed by atoms with van der Waals surface area (Å²) in [7, 11) is 0. The summed E-state index contributed by atoms with van der Waals surface area (Å²) < 4.78 is 38.1. The Morgan fingerprint density at radius 3 is 2.61 bits per heavy atom. The number of rotatable bonds is 6. The molecule has 0 bridgehead atoms. The number of imidazole rings is 1. The van der Waals surface area contributed by atoms with Crippen LogP contribution in [0.3, 0.4) is 0 Å². The van der Waals surface area contributed by atoms with Crippen molar-refractivity contribution in [3.8, 4) is 17.3 Å². The molecule has 3 aromatic heterocycles. The van der Waals surface area contributed by atoms with Crippen molar-refractivity contribution in [2.45, 2.75) is 50.6 Å². The predicted molar refractivity (Wildman–Crippen MR) is 160 cm³/mol. The van der Waals surface area contributed by atoms with Crippen LogP contribution in [-0.4, -0.2) is 63.9 Å². The van der Waals surface area contributed by atoms with Gasteiger partial charge >= 0.3 is 0 Å². The highest BCUT2D eigenvalue weighted by Gasteiger charge is 2.37. The molecule has 44 heavy (non-hydrogen) atoms. The Morgan fingerprint density at radius 1 is 1.18 bits per heavy atom. The van der Waals surface area contributed by atoms with Gasteiger partial charge in [0.25, 0.3) is 0 Å². The third kappa shape index (κ3) is 5.49. The summed E-state index contributed by atoms with van der Waals surface area (Å²) in [5, 5.41) is 17.5. The molecular weight excluding hydrogens is 566 g/mol. The van der Waals surface area contributed by atoms with Crippen LogP contribution in [0.2, 0.25) is 0 Å². The monoisotopic (exact) mass is 600 g/mol. The van der Waals surface area contributed by atoms with Crippen LogP contribution in [0.25, 0.3) is 16.8 Å². The largest absolute Gasteiger partial charge is 0.381 e. The maximum atomic E-state index is 15.6. The Bertz CT molecular complexity index is 1710. The second kappa shape index (κ2) is 11.9. The van der Waals surface area contributed by atoms with Crippen molar-refractivity contribution in [3.05, 3.63) is 77.5 Å². The summed E-state index contributed by atoms with van der Waals surface area (Å²) in [6.07, 6.45) is 6.27. The molecule has 0 radical (unpaired) electrons. The van der Waals surface area contributed by atoms with Crippen molar-refractivity contribution < 1.29 is 18.3 Å². The van der Waals surface area contributed by atoms with Crippen molar-refractivity contribution in [1.82, 2.24) is 24.9 Å². The van der Waals surface area contributed by atoms with Gasteiger partial charge < -0.3 is 20.7 Å². The fourth-order valence-corrected chi connectivity index (χ4v) is 6.51. The van der Waals surface area contributed by atoms with Crippen molar-refractivity contribution in [2.24, 2.45) is 11.7 Å². The summed E-state index contributed by atoms with van der Waals surface area (Å²) in [4.78, 5) is 22.8. The lowest BCUT2D eigenvalue weighted by Gasteiger charge is -2.43. The molecule has 5 heterocycles. The number of hydrogen-bond donors (Lipinski definition) is 2. The van der Waals surface area contributed by atoms with Gasteiger partial charge in [-0.3, -0.25) is 9.78 Å². The first-order valence-corrected chi connectivity index (χ1v) is 14.7. The van der Waals surface area contributed by atoms with E-state index in [9.17, 15) is 10.1 Å². The van der Waals surface area contributed by atoms with Crippen LogP contribution < -0.4 is 16.0 Å². The van der Waals surface area contributed by atoms with Crippen LogP contribution >= 0.6 is 0 Å². The minimum atomic E-state index is -0.990. The molecule has 10 nitrogen and oxygen atoms in total. The topological polar surface area (TPSA) is 134 Å². The number of carbonyl (C=O) groups excluding carboxylic acids is 1. The molecule has 2 aliphatic rings. The first-order chi connectivity index (χ1) is 21.2. The van der Waals surface area contributed by atoms with Gasteiger partial charge in [-0.25, -0.2) is 18.3 Å². The second-order valence-electron chi connectivity index (χ2n) is 11.8. The normalized spacial score (nSPS) is 21.6. The lowest BCUT2D eigenvalue weighted by Crippen LogP contribution is -2.61. The molecule has 3 N–H and O–H groups in total. The van der Waals surface area contributed by atoms with E-state index < -0.39 is 17.0 Å². The van der Waals surface area contributed by atoms with E-state index in [-0.39, 0.29) is 35.2 Å². The Morgan fingerprint density at radius 2 is 1.93 bits per heavy atom. The summed E-state index contributed by atoms with van der Waals surface area (Å²) in [5.74, 6) is -0.973. The van der Waals surface area contributed by atoms with Gasteiger partial charge in [-0.2, -0.15) is 10.4 Å². The molecule has 1 amide bonds. The van der Waals surface area contributed by atoms with Gasteiger partial charge in [0, 0.05) is 75.4 Å². The highest BCUT2D eigenvalue weighted by molar-refractivity contribution is 5.73. The number of piperidine rings is 1. The van der Waals surface area contributed by atoms with E-state index in [2.05, 4.69) is 38.3 Å². The average Bonchev–Trinajstić information content (AvgIpc) is 3.41. The van der Waals surface area contributed by atoms with Crippen molar-refractivity contribution in [1.29, 1.82) is 5.26 Å². The molecule has 12 heteroatoms. The number of nitriles is 1. The SMILES string of the molecule is CC(=O)N[C@@H]1[C@H](N)CN(c2ccncc2Cc2ncc3ccc(-c4c(F)cc(C5(C#N)CCOCC5)cc4F)nn23)C[C@@H]1C. The number of pyridine rings is 1.